The monoisotopic (exact) mass is 482 g/mol. The van der Waals surface area contributed by atoms with E-state index in [2.05, 4.69) is 35.2 Å². The maximum absolute atomic E-state index is 13.9. The summed E-state index contributed by atoms with van der Waals surface area (Å²) in [5.74, 6) is 3.80. The first kappa shape index (κ1) is 23.4. The number of nitrogens with zero attached hydrogens (tertiary/aromatic N) is 1. The SMILES string of the molecule is C#CCOc1ccc2ccccc2c1/C=C1\SC(Nc2ccccc2)N([C@H]2CCCC[C@H]2C)C1=O. The molecule has 3 aromatic carbocycles. The molecule has 1 saturated heterocycles. The summed E-state index contributed by atoms with van der Waals surface area (Å²) in [6.07, 6.45) is 12.1. The Morgan fingerprint density at radius 3 is 2.66 bits per heavy atom. The predicted molar refractivity (Wildman–Crippen MR) is 146 cm³/mol. The molecule has 1 heterocycles. The molecule has 35 heavy (non-hydrogen) atoms. The second-order valence-electron chi connectivity index (χ2n) is 9.22. The lowest BCUT2D eigenvalue weighted by molar-refractivity contribution is -0.129. The molecule has 1 saturated carbocycles. The molecule has 3 atom stereocenters. The Morgan fingerprint density at radius 1 is 1.09 bits per heavy atom. The highest BCUT2D eigenvalue weighted by Crippen LogP contribution is 2.43. The molecule has 0 aromatic heterocycles. The van der Waals surface area contributed by atoms with Crippen LogP contribution in [0.3, 0.4) is 0 Å². The van der Waals surface area contributed by atoms with Crippen LogP contribution in [0.15, 0.2) is 71.6 Å². The summed E-state index contributed by atoms with van der Waals surface area (Å²) in [5.41, 5.74) is 1.74. The Labute approximate surface area is 211 Å². The van der Waals surface area contributed by atoms with Crippen molar-refractivity contribution in [1.29, 1.82) is 0 Å². The molecule has 4 nitrogen and oxygen atoms in total. The van der Waals surface area contributed by atoms with E-state index in [4.69, 9.17) is 11.2 Å². The van der Waals surface area contributed by atoms with Gasteiger partial charge in [-0.15, -0.1) is 6.42 Å². The van der Waals surface area contributed by atoms with Gasteiger partial charge in [-0.25, -0.2) is 0 Å². The third-order valence-electron chi connectivity index (χ3n) is 6.94. The van der Waals surface area contributed by atoms with E-state index in [0.717, 1.165) is 46.2 Å². The van der Waals surface area contributed by atoms with Crippen molar-refractivity contribution in [1.82, 2.24) is 4.90 Å². The molecular weight excluding hydrogens is 452 g/mol. The number of terminal acetylenes is 1. The summed E-state index contributed by atoms with van der Waals surface area (Å²) in [6.45, 7) is 2.46. The van der Waals surface area contributed by atoms with Crippen molar-refractivity contribution in [2.45, 2.75) is 44.1 Å². The van der Waals surface area contributed by atoms with Gasteiger partial charge >= 0.3 is 0 Å². The van der Waals surface area contributed by atoms with Gasteiger partial charge in [0.1, 0.15) is 12.4 Å². The Kier molecular flexibility index (Phi) is 7.01. The number of hydrogen-bond donors (Lipinski definition) is 1. The van der Waals surface area contributed by atoms with Gasteiger partial charge in [-0.1, -0.05) is 86.0 Å². The minimum Gasteiger partial charge on any atom is -0.480 e. The summed E-state index contributed by atoms with van der Waals surface area (Å²) in [7, 11) is 0. The number of carbonyl (C=O) groups excluding carboxylic acids is 1. The topological polar surface area (TPSA) is 41.6 Å². The number of anilines is 1. The van der Waals surface area contributed by atoms with E-state index in [0.29, 0.717) is 11.7 Å². The zero-order chi connectivity index (χ0) is 24.2. The van der Waals surface area contributed by atoms with E-state index in [1.807, 2.05) is 60.7 Å². The minimum absolute atomic E-state index is 0.0815. The van der Waals surface area contributed by atoms with Crippen LogP contribution in [0, 0.1) is 18.3 Å². The number of thioether (sulfide) groups is 1. The lowest BCUT2D eigenvalue weighted by Crippen LogP contribution is -2.48. The molecule has 1 aliphatic heterocycles. The minimum atomic E-state index is -0.160. The molecule has 5 heteroatoms. The molecule has 2 fully saturated rings. The molecule has 0 spiro atoms. The molecule has 1 N–H and O–H groups in total. The number of benzene rings is 3. The number of ether oxygens (including phenoxy) is 1. The number of nitrogens with one attached hydrogen (secondary N) is 1. The van der Waals surface area contributed by atoms with Gasteiger partial charge in [0, 0.05) is 17.3 Å². The van der Waals surface area contributed by atoms with Crippen molar-refractivity contribution in [2.75, 3.05) is 11.9 Å². The van der Waals surface area contributed by atoms with E-state index in [9.17, 15) is 4.79 Å². The highest BCUT2D eigenvalue weighted by atomic mass is 32.2. The van der Waals surface area contributed by atoms with Gasteiger partial charge in [0.05, 0.1) is 4.91 Å². The Hall–Kier alpha value is -3.36. The van der Waals surface area contributed by atoms with Crippen LogP contribution in [0.1, 0.15) is 38.2 Å². The average molecular weight is 483 g/mol. The maximum atomic E-state index is 13.9. The van der Waals surface area contributed by atoms with E-state index in [-0.39, 0.29) is 24.1 Å². The van der Waals surface area contributed by atoms with Crippen molar-refractivity contribution < 1.29 is 9.53 Å². The number of fused-ring (bicyclic) bond motifs is 1. The van der Waals surface area contributed by atoms with Crippen LogP contribution in [0.5, 0.6) is 5.75 Å². The van der Waals surface area contributed by atoms with Crippen molar-refractivity contribution in [3.8, 4) is 18.1 Å². The zero-order valence-corrected chi connectivity index (χ0v) is 20.8. The zero-order valence-electron chi connectivity index (χ0n) is 19.9. The summed E-state index contributed by atoms with van der Waals surface area (Å²) in [5, 5.41) is 5.75. The summed E-state index contributed by atoms with van der Waals surface area (Å²) in [6, 6.07) is 22.5. The van der Waals surface area contributed by atoms with Gasteiger partial charge in [0.25, 0.3) is 5.91 Å². The van der Waals surface area contributed by atoms with Crippen molar-refractivity contribution in [3.63, 3.8) is 0 Å². The standard InChI is InChI=1S/C30H30N2O2S/c1-3-19-34-27-18-17-22-12-8-9-15-24(22)25(27)20-28-29(33)32(26-16-10-7-11-21(26)2)30(35-28)31-23-13-5-4-6-14-23/h1,4-6,8-9,12-15,17-18,20-21,26,30-31H,7,10-11,16,19H2,2H3/b28-20-/t21-,26+,30?/m1/s1. The summed E-state index contributed by atoms with van der Waals surface area (Å²) >= 11 is 1.58. The highest BCUT2D eigenvalue weighted by Gasteiger charge is 2.43. The Morgan fingerprint density at radius 2 is 1.86 bits per heavy atom. The van der Waals surface area contributed by atoms with E-state index in [1.54, 1.807) is 11.8 Å². The second-order valence-corrected chi connectivity index (χ2v) is 10.3. The fraction of sp³-hybridized carbons (Fsp3) is 0.300. The molecule has 0 radical (unpaired) electrons. The van der Waals surface area contributed by atoms with E-state index in [1.165, 1.54) is 6.42 Å². The number of hydrogen-bond acceptors (Lipinski definition) is 4. The highest BCUT2D eigenvalue weighted by molar-refractivity contribution is 8.05. The third-order valence-corrected chi connectivity index (χ3v) is 8.06. The first-order valence-corrected chi connectivity index (χ1v) is 13.1. The molecule has 1 unspecified atom stereocenters. The fourth-order valence-corrected chi connectivity index (χ4v) is 6.36. The molecule has 5 rings (SSSR count). The van der Waals surface area contributed by atoms with Crippen LogP contribution < -0.4 is 10.1 Å². The molecule has 3 aromatic rings. The van der Waals surface area contributed by atoms with Gasteiger partial charge < -0.3 is 15.0 Å². The van der Waals surface area contributed by atoms with Crippen molar-refractivity contribution in [2.24, 2.45) is 5.92 Å². The first-order valence-electron chi connectivity index (χ1n) is 12.3. The fourth-order valence-electron chi connectivity index (χ4n) is 5.17. The summed E-state index contributed by atoms with van der Waals surface area (Å²) in [4.78, 5) is 16.7. The van der Waals surface area contributed by atoms with Crippen LogP contribution in [0.2, 0.25) is 0 Å². The van der Waals surface area contributed by atoms with Crippen molar-refractivity contribution >= 4 is 40.2 Å². The van der Waals surface area contributed by atoms with Gasteiger partial charge in [-0.2, -0.15) is 0 Å². The largest absolute Gasteiger partial charge is 0.480 e. The van der Waals surface area contributed by atoms with Gasteiger partial charge in [-0.3, -0.25) is 4.79 Å². The van der Waals surface area contributed by atoms with Gasteiger partial charge in [0.2, 0.25) is 0 Å². The van der Waals surface area contributed by atoms with Crippen LogP contribution >= 0.6 is 11.8 Å². The van der Waals surface area contributed by atoms with Gasteiger partial charge in [0.15, 0.2) is 5.50 Å². The number of rotatable bonds is 6. The molecule has 1 aliphatic carbocycles. The second kappa shape index (κ2) is 10.5. The number of amides is 1. The number of para-hydroxylation sites is 1. The quantitative estimate of drug-likeness (QED) is 0.312. The molecule has 0 bridgehead atoms. The maximum Gasteiger partial charge on any atom is 0.262 e. The Bertz CT molecular complexity index is 1280. The number of carbonyl (C=O) groups is 1. The van der Waals surface area contributed by atoms with Crippen molar-refractivity contribution in [3.05, 3.63) is 77.2 Å². The Balaban J connectivity index is 1.56. The smallest absolute Gasteiger partial charge is 0.262 e. The van der Waals surface area contributed by atoms with Gasteiger partial charge in [-0.05, 0) is 53.8 Å². The van der Waals surface area contributed by atoms with E-state index < -0.39 is 0 Å². The molecule has 178 valence electrons. The lowest BCUT2D eigenvalue weighted by atomic mass is 9.85. The summed E-state index contributed by atoms with van der Waals surface area (Å²) < 4.78 is 5.89. The van der Waals surface area contributed by atoms with Crippen LogP contribution in [0.4, 0.5) is 5.69 Å². The van der Waals surface area contributed by atoms with Crippen LogP contribution in [0.25, 0.3) is 16.8 Å². The predicted octanol–water partition coefficient (Wildman–Crippen LogP) is 6.74. The van der Waals surface area contributed by atoms with E-state index >= 15 is 0 Å². The third kappa shape index (κ3) is 4.90. The molecule has 2 aliphatic rings. The van der Waals surface area contributed by atoms with Crippen LogP contribution in [-0.2, 0) is 4.79 Å². The normalized spacial score (nSPS) is 23.4. The molecule has 1 amide bonds. The average Bonchev–Trinajstić information content (AvgIpc) is 3.18. The van der Waals surface area contributed by atoms with Crippen LogP contribution in [-0.4, -0.2) is 29.0 Å². The molecular formula is C30H30N2O2S. The lowest BCUT2D eigenvalue weighted by Gasteiger charge is -2.39. The first-order chi connectivity index (χ1) is 17.2.